The van der Waals surface area contributed by atoms with Gasteiger partial charge in [-0.2, -0.15) is 0 Å². The van der Waals surface area contributed by atoms with Gasteiger partial charge in [-0.25, -0.2) is 22.2 Å². The van der Waals surface area contributed by atoms with Gasteiger partial charge >= 0.3 is 5.76 Å². The van der Waals surface area contributed by atoms with Crippen molar-refractivity contribution in [2.24, 2.45) is 7.05 Å². The van der Waals surface area contributed by atoms with E-state index in [2.05, 4.69) is 4.98 Å². The number of oxazole rings is 1. The Bertz CT molecular complexity index is 962. The zero-order valence-corrected chi connectivity index (χ0v) is 11.6. The first kappa shape index (κ1) is 12.7. The highest BCUT2D eigenvalue weighted by Crippen LogP contribution is 2.20. The summed E-state index contributed by atoms with van der Waals surface area (Å²) in [5.74, 6) is -0.534. The second kappa shape index (κ2) is 4.07. The smallest absolute Gasteiger partial charge is 0.408 e. The molecule has 3 rings (SSSR count). The number of imidazole rings is 1. The van der Waals surface area contributed by atoms with Gasteiger partial charge in [0, 0.05) is 19.3 Å². The summed E-state index contributed by atoms with van der Waals surface area (Å²) in [5.41, 5.74) is 1.37. The van der Waals surface area contributed by atoms with Crippen molar-refractivity contribution >= 4 is 21.1 Å². The van der Waals surface area contributed by atoms with Gasteiger partial charge < -0.3 is 4.42 Å². The number of benzene rings is 1. The van der Waals surface area contributed by atoms with E-state index in [1.165, 1.54) is 35.3 Å². The lowest BCUT2D eigenvalue weighted by molar-refractivity contribution is 0.527. The SMILES string of the molecule is Cc1cn(S(=O)(=O)c2ccc3c(c2)oc(=O)n3C)cn1. The number of hydrogen-bond acceptors (Lipinski definition) is 5. The summed E-state index contributed by atoms with van der Waals surface area (Å²) >= 11 is 0. The van der Waals surface area contributed by atoms with Crippen molar-refractivity contribution in [3.8, 4) is 0 Å². The molecule has 0 radical (unpaired) electrons. The van der Waals surface area contributed by atoms with Gasteiger partial charge in [-0.3, -0.25) is 4.57 Å². The monoisotopic (exact) mass is 293 g/mol. The minimum Gasteiger partial charge on any atom is -0.408 e. The van der Waals surface area contributed by atoms with E-state index in [9.17, 15) is 13.2 Å². The van der Waals surface area contributed by atoms with Crippen molar-refractivity contribution in [1.29, 1.82) is 0 Å². The fourth-order valence-electron chi connectivity index (χ4n) is 1.93. The molecular formula is C12H11N3O4S. The summed E-state index contributed by atoms with van der Waals surface area (Å²) < 4.78 is 32.1. The summed E-state index contributed by atoms with van der Waals surface area (Å²) in [6.07, 6.45) is 2.65. The third kappa shape index (κ3) is 1.76. The third-order valence-corrected chi connectivity index (χ3v) is 4.63. The number of hydrogen-bond donors (Lipinski definition) is 0. The van der Waals surface area contributed by atoms with Crippen molar-refractivity contribution in [3.63, 3.8) is 0 Å². The Morgan fingerprint density at radius 3 is 2.70 bits per heavy atom. The molecule has 2 aromatic heterocycles. The normalized spacial score (nSPS) is 12.1. The van der Waals surface area contributed by atoms with Crippen LogP contribution in [-0.4, -0.2) is 21.9 Å². The van der Waals surface area contributed by atoms with Gasteiger partial charge in [0.05, 0.1) is 16.1 Å². The minimum atomic E-state index is -3.73. The van der Waals surface area contributed by atoms with Crippen molar-refractivity contribution in [2.75, 3.05) is 0 Å². The fraction of sp³-hybridized carbons (Fsp3) is 0.167. The molecule has 7 nitrogen and oxygen atoms in total. The van der Waals surface area contributed by atoms with Crippen molar-refractivity contribution in [1.82, 2.24) is 13.5 Å². The Morgan fingerprint density at radius 1 is 1.30 bits per heavy atom. The van der Waals surface area contributed by atoms with Gasteiger partial charge in [0.1, 0.15) is 6.33 Å². The molecular weight excluding hydrogens is 282 g/mol. The Balaban J connectivity index is 2.22. The van der Waals surface area contributed by atoms with E-state index in [-0.39, 0.29) is 10.5 Å². The van der Waals surface area contributed by atoms with E-state index in [0.29, 0.717) is 11.2 Å². The lowest BCUT2D eigenvalue weighted by Gasteiger charge is -2.04. The molecule has 0 aliphatic carbocycles. The number of rotatable bonds is 2. The zero-order valence-electron chi connectivity index (χ0n) is 10.8. The number of aryl methyl sites for hydroxylation is 2. The second-order valence-electron chi connectivity index (χ2n) is 4.41. The highest BCUT2D eigenvalue weighted by atomic mass is 32.2. The van der Waals surface area contributed by atoms with Crippen LogP contribution >= 0.6 is 0 Å². The van der Waals surface area contributed by atoms with Crippen LogP contribution in [0.4, 0.5) is 0 Å². The van der Waals surface area contributed by atoms with E-state index in [0.717, 1.165) is 3.97 Å². The second-order valence-corrected chi connectivity index (χ2v) is 6.25. The molecule has 0 saturated heterocycles. The first-order valence-electron chi connectivity index (χ1n) is 5.75. The van der Waals surface area contributed by atoms with E-state index in [4.69, 9.17) is 4.42 Å². The summed E-state index contributed by atoms with van der Waals surface area (Å²) in [6.45, 7) is 1.70. The minimum absolute atomic E-state index is 0.0387. The van der Waals surface area contributed by atoms with Crippen LogP contribution in [0.3, 0.4) is 0 Å². The molecule has 0 spiro atoms. The molecule has 0 saturated carbocycles. The van der Waals surface area contributed by atoms with Crippen LogP contribution in [0.5, 0.6) is 0 Å². The Morgan fingerprint density at radius 2 is 2.05 bits per heavy atom. The molecule has 0 amide bonds. The summed E-state index contributed by atoms with van der Waals surface area (Å²) in [6, 6.07) is 4.31. The molecule has 104 valence electrons. The zero-order chi connectivity index (χ0) is 14.5. The summed E-state index contributed by atoms with van der Waals surface area (Å²) in [7, 11) is -2.17. The van der Waals surface area contributed by atoms with E-state index in [1.54, 1.807) is 14.0 Å². The molecule has 3 aromatic rings. The van der Waals surface area contributed by atoms with Crippen LogP contribution in [0.15, 0.2) is 44.8 Å². The third-order valence-electron chi connectivity index (χ3n) is 3.03. The van der Waals surface area contributed by atoms with Crippen molar-refractivity contribution < 1.29 is 12.8 Å². The van der Waals surface area contributed by atoms with Gasteiger partial charge in [0.25, 0.3) is 10.0 Å². The average Bonchev–Trinajstić information content (AvgIpc) is 2.95. The predicted octanol–water partition coefficient (Wildman–Crippen LogP) is 0.873. The molecule has 20 heavy (non-hydrogen) atoms. The summed E-state index contributed by atoms with van der Waals surface area (Å²) in [5, 5.41) is 0. The maximum Gasteiger partial charge on any atom is 0.419 e. The van der Waals surface area contributed by atoms with Gasteiger partial charge in [0.2, 0.25) is 0 Å². The van der Waals surface area contributed by atoms with E-state index < -0.39 is 15.8 Å². The first-order chi connectivity index (χ1) is 9.39. The lowest BCUT2D eigenvalue weighted by atomic mass is 10.3. The largest absolute Gasteiger partial charge is 0.419 e. The number of nitrogens with zero attached hydrogens (tertiary/aromatic N) is 3. The Kier molecular flexibility index (Phi) is 2.58. The maximum atomic E-state index is 12.4. The molecule has 0 aliphatic rings. The van der Waals surface area contributed by atoms with Crippen LogP contribution in [0, 0.1) is 6.92 Å². The van der Waals surface area contributed by atoms with Gasteiger partial charge in [-0.05, 0) is 19.1 Å². The molecule has 0 atom stereocenters. The van der Waals surface area contributed by atoms with Gasteiger partial charge in [-0.15, -0.1) is 0 Å². The molecule has 0 aliphatic heterocycles. The topological polar surface area (TPSA) is 87.1 Å². The van der Waals surface area contributed by atoms with Crippen LogP contribution in [0.1, 0.15) is 5.69 Å². The predicted molar refractivity (Wildman–Crippen MR) is 71.0 cm³/mol. The molecule has 8 heteroatoms. The van der Waals surface area contributed by atoms with Crippen molar-refractivity contribution in [2.45, 2.75) is 11.8 Å². The Hall–Kier alpha value is -2.35. The number of fused-ring (bicyclic) bond motifs is 1. The number of aromatic nitrogens is 3. The Labute approximate surface area is 114 Å². The van der Waals surface area contributed by atoms with Gasteiger partial charge in [0.15, 0.2) is 5.58 Å². The molecule has 0 unspecified atom stereocenters. The molecule has 0 N–H and O–H groups in total. The molecule has 2 heterocycles. The van der Waals surface area contributed by atoms with Crippen LogP contribution in [-0.2, 0) is 17.1 Å². The first-order valence-corrected chi connectivity index (χ1v) is 7.19. The van der Waals surface area contributed by atoms with Crippen LogP contribution in [0.2, 0.25) is 0 Å². The highest BCUT2D eigenvalue weighted by molar-refractivity contribution is 7.90. The fourth-order valence-corrected chi connectivity index (χ4v) is 3.13. The van der Waals surface area contributed by atoms with Crippen molar-refractivity contribution in [3.05, 3.63) is 47.0 Å². The molecule has 0 fully saturated rings. The molecule has 0 bridgehead atoms. The van der Waals surface area contributed by atoms with Crippen LogP contribution < -0.4 is 5.76 Å². The van der Waals surface area contributed by atoms with E-state index >= 15 is 0 Å². The maximum absolute atomic E-state index is 12.4. The highest BCUT2D eigenvalue weighted by Gasteiger charge is 2.19. The quantitative estimate of drug-likeness (QED) is 0.699. The standard InChI is InChI=1S/C12H11N3O4S/c1-8-6-15(7-13-8)20(17,18)9-3-4-10-11(5-9)19-12(16)14(10)2/h3-7H,1-2H3. The molecule has 1 aromatic carbocycles. The average molecular weight is 293 g/mol. The van der Waals surface area contributed by atoms with Gasteiger partial charge in [-0.1, -0.05) is 0 Å². The lowest BCUT2D eigenvalue weighted by Crippen LogP contribution is -2.11. The van der Waals surface area contributed by atoms with Crippen LogP contribution in [0.25, 0.3) is 11.1 Å². The van der Waals surface area contributed by atoms with E-state index in [1.807, 2.05) is 0 Å². The summed E-state index contributed by atoms with van der Waals surface area (Å²) in [4.78, 5) is 15.3.